The van der Waals surface area contributed by atoms with Crippen molar-refractivity contribution in [2.75, 3.05) is 11.1 Å². The summed E-state index contributed by atoms with van der Waals surface area (Å²) in [6.45, 7) is 0. The van der Waals surface area contributed by atoms with Crippen LogP contribution in [0.15, 0.2) is 54.7 Å². The van der Waals surface area contributed by atoms with Crippen LogP contribution in [0.4, 0.5) is 5.82 Å². The Kier molecular flexibility index (Phi) is 5.25. The lowest BCUT2D eigenvalue weighted by atomic mass is 10.1. The fourth-order valence-electron chi connectivity index (χ4n) is 3.70. The van der Waals surface area contributed by atoms with Gasteiger partial charge < -0.3 is 5.32 Å². The fraction of sp³-hybridized carbons (Fsp3) is 0.333. The molecule has 26 heavy (non-hydrogen) atoms. The van der Waals surface area contributed by atoms with Crippen LogP contribution in [0, 0.1) is 0 Å². The standard InChI is InChI=1S/C21H23N3OS/c25-21(23-20-12-13-22-24(20)18-9-2-3-10-18)15-26-14-17-8-5-7-16-6-1-4-11-19(16)17/h1,4-8,11-13,18H,2-3,9-10,14-15H2,(H,23,25). The van der Waals surface area contributed by atoms with E-state index in [4.69, 9.17) is 0 Å². The molecule has 1 aliphatic rings. The van der Waals surface area contributed by atoms with E-state index in [1.54, 1.807) is 18.0 Å². The van der Waals surface area contributed by atoms with Crippen LogP contribution in [0.3, 0.4) is 0 Å². The lowest BCUT2D eigenvalue weighted by Gasteiger charge is -2.14. The van der Waals surface area contributed by atoms with E-state index in [1.807, 2.05) is 10.7 Å². The van der Waals surface area contributed by atoms with Gasteiger partial charge in [0, 0.05) is 11.8 Å². The number of thioether (sulfide) groups is 1. The molecule has 4 rings (SSSR count). The predicted molar refractivity (Wildman–Crippen MR) is 108 cm³/mol. The van der Waals surface area contributed by atoms with Crippen molar-refractivity contribution >= 4 is 34.3 Å². The maximum Gasteiger partial charge on any atom is 0.235 e. The van der Waals surface area contributed by atoms with Crippen LogP contribution in [-0.2, 0) is 10.5 Å². The predicted octanol–water partition coefficient (Wildman–Crippen LogP) is 5.02. The number of carbonyl (C=O) groups is 1. The molecule has 1 aliphatic carbocycles. The topological polar surface area (TPSA) is 46.9 Å². The number of rotatable bonds is 6. The van der Waals surface area contributed by atoms with Gasteiger partial charge in [0.2, 0.25) is 5.91 Å². The first-order chi connectivity index (χ1) is 12.8. The zero-order chi connectivity index (χ0) is 17.8. The number of benzene rings is 2. The first-order valence-electron chi connectivity index (χ1n) is 9.19. The largest absolute Gasteiger partial charge is 0.310 e. The highest BCUT2D eigenvalue weighted by Gasteiger charge is 2.20. The van der Waals surface area contributed by atoms with Gasteiger partial charge in [-0.15, -0.1) is 11.8 Å². The third kappa shape index (κ3) is 3.78. The number of carbonyl (C=O) groups excluding carboxylic acids is 1. The van der Waals surface area contributed by atoms with Gasteiger partial charge in [0.05, 0.1) is 18.0 Å². The summed E-state index contributed by atoms with van der Waals surface area (Å²) in [5.74, 6) is 2.14. The van der Waals surface area contributed by atoms with Gasteiger partial charge in [-0.1, -0.05) is 55.3 Å². The van der Waals surface area contributed by atoms with Gasteiger partial charge in [-0.05, 0) is 29.2 Å². The third-order valence-electron chi connectivity index (χ3n) is 4.98. The normalized spacial score (nSPS) is 14.8. The zero-order valence-corrected chi connectivity index (χ0v) is 15.5. The lowest BCUT2D eigenvalue weighted by Crippen LogP contribution is -2.19. The van der Waals surface area contributed by atoms with Crippen molar-refractivity contribution in [3.05, 3.63) is 60.3 Å². The molecule has 5 heteroatoms. The molecule has 0 saturated heterocycles. The van der Waals surface area contributed by atoms with E-state index < -0.39 is 0 Å². The molecule has 1 heterocycles. The summed E-state index contributed by atoms with van der Waals surface area (Å²) in [7, 11) is 0. The summed E-state index contributed by atoms with van der Waals surface area (Å²) >= 11 is 1.65. The quantitative estimate of drug-likeness (QED) is 0.667. The van der Waals surface area contributed by atoms with Gasteiger partial charge >= 0.3 is 0 Å². The molecule has 0 atom stereocenters. The third-order valence-corrected chi connectivity index (χ3v) is 5.96. The van der Waals surface area contributed by atoms with Crippen LogP contribution in [0.2, 0.25) is 0 Å². The Bertz CT molecular complexity index is 894. The van der Waals surface area contributed by atoms with Crippen molar-refractivity contribution < 1.29 is 4.79 Å². The number of amides is 1. The SMILES string of the molecule is O=C(CSCc1cccc2ccccc12)Nc1ccnn1C1CCCC1. The maximum absolute atomic E-state index is 12.4. The minimum atomic E-state index is 0.0370. The minimum absolute atomic E-state index is 0.0370. The van der Waals surface area contributed by atoms with Gasteiger partial charge in [-0.3, -0.25) is 4.79 Å². The molecule has 4 nitrogen and oxygen atoms in total. The van der Waals surface area contributed by atoms with Gasteiger partial charge in [0.1, 0.15) is 5.82 Å². The molecule has 0 unspecified atom stereocenters. The number of anilines is 1. The zero-order valence-electron chi connectivity index (χ0n) is 14.7. The molecule has 3 aromatic rings. The Labute approximate surface area is 158 Å². The highest BCUT2D eigenvalue weighted by atomic mass is 32.2. The summed E-state index contributed by atoms with van der Waals surface area (Å²) in [6.07, 6.45) is 6.58. The molecule has 2 aromatic carbocycles. The van der Waals surface area contributed by atoms with E-state index in [-0.39, 0.29) is 5.91 Å². The molecule has 0 spiro atoms. The summed E-state index contributed by atoms with van der Waals surface area (Å²) in [5, 5.41) is 9.95. The van der Waals surface area contributed by atoms with Crippen molar-refractivity contribution in [2.24, 2.45) is 0 Å². The van der Waals surface area contributed by atoms with Gasteiger partial charge in [-0.2, -0.15) is 5.10 Å². The highest BCUT2D eigenvalue weighted by Crippen LogP contribution is 2.31. The number of hydrogen-bond acceptors (Lipinski definition) is 3. The van der Waals surface area contributed by atoms with Crippen LogP contribution < -0.4 is 5.32 Å². The molecule has 0 aliphatic heterocycles. The highest BCUT2D eigenvalue weighted by molar-refractivity contribution is 7.99. The minimum Gasteiger partial charge on any atom is -0.310 e. The molecule has 1 saturated carbocycles. The summed E-state index contributed by atoms with van der Waals surface area (Å²) in [6, 6.07) is 17.1. The van der Waals surface area contributed by atoms with Crippen molar-refractivity contribution in [1.29, 1.82) is 0 Å². The van der Waals surface area contributed by atoms with Crippen LogP contribution in [0.5, 0.6) is 0 Å². The second-order valence-corrected chi connectivity index (χ2v) is 7.76. The van der Waals surface area contributed by atoms with Gasteiger partial charge in [0.25, 0.3) is 0 Å². The van der Waals surface area contributed by atoms with Gasteiger partial charge in [0.15, 0.2) is 0 Å². The smallest absolute Gasteiger partial charge is 0.235 e. The first kappa shape index (κ1) is 17.2. The molecule has 1 aromatic heterocycles. The lowest BCUT2D eigenvalue weighted by molar-refractivity contribution is -0.113. The Balaban J connectivity index is 1.34. The molecular formula is C21H23N3OS. The molecule has 1 N–H and O–H groups in total. The van der Waals surface area contributed by atoms with Crippen molar-refractivity contribution in [1.82, 2.24) is 9.78 Å². The fourth-order valence-corrected chi connectivity index (χ4v) is 4.54. The Morgan fingerprint density at radius 1 is 1.12 bits per heavy atom. The van der Waals surface area contributed by atoms with Crippen molar-refractivity contribution in [2.45, 2.75) is 37.5 Å². The van der Waals surface area contributed by atoms with Crippen LogP contribution in [0.1, 0.15) is 37.3 Å². The molecule has 134 valence electrons. The molecule has 1 fully saturated rings. The van der Waals surface area contributed by atoms with Crippen LogP contribution in [-0.4, -0.2) is 21.4 Å². The summed E-state index contributed by atoms with van der Waals surface area (Å²) < 4.78 is 1.99. The van der Waals surface area contributed by atoms with Crippen molar-refractivity contribution in [3.63, 3.8) is 0 Å². The molecule has 0 bridgehead atoms. The van der Waals surface area contributed by atoms with Crippen molar-refractivity contribution in [3.8, 4) is 0 Å². The Hall–Kier alpha value is -2.27. The summed E-state index contributed by atoms with van der Waals surface area (Å²) in [4.78, 5) is 12.4. The molecular weight excluding hydrogens is 342 g/mol. The monoisotopic (exact) mass is 365 g/mol. The van der Waals surface area contributed by atoms with E-state index in [2.05, 4.69) is 52.9 Å². The van der Waals surface area contributed by atoms with E-state index in [9.17, 15) is 4.79 Å². The van der Waals surface area contributed by atoms with E-state index in [1.165, 1.54) is 29.2 Å². The Morgan fingerprint density at radius 2 is 1.92 bits per heavy atom. The van der Waals surface area contributed by atoms with Crippen LogP contribution in [0.25, 0.3) is 10.8 Å². The average molecular weight is 366 g/mol. The molecule has 0 radical (unpaired) electrons. The van der Waals surface area contributed by atoms with E-state index in [0.29, 0.717) is 11.8 Å². The summed E-state index contributed by atoms with van der Waals surface area (Å²) in [5.41, 5.74) is 1.27. The average Bonchev–Trinajstić information content (AvgIpc) is 3.33. The number of nitrogens with one attached hydrogen (secondary N) is 1. The number of nitrogens with zero attached hydrogens (tertiary/aromatic N) is 2. The van der Waals surface area contributed by atoms with E-state index in [0.717, 1.165) is 24.4 Å². The maximum atomic E-state index is 12.4. The second kappa shape index (κ2) is 7.96. The van der Waals surface area contributed by atoms with E-state index >= 15 is 0 Å². The number of hydrogen-bond donors (Lipinski definition) is 1. The first-order valence-corrected chi connectivity index (χ1v) is 10.3. The molecule has 1 amide bonds. The van der Waals surface area contributed by atoms with Gasteiger partial charge in [-0.25, -0.2) is 4.68 Å². The second-order valence-electron chi connectivity index (χ2n) is 6.78. The Morgan fingerprint density at radius 3 is 2.81 bits per heavy atom. The van der Waals surface area contributed by atoms with Crippen LogP contribution >= 0.6 is 11.8 Å². The number of aromatic nitrogens is 2. The number of fused-ring (bicyclic) bond motifs is 1.